The Morgan fingerprint density at radius 2 is 2.14 bits per heavy atom. The summed E-state index contributed by atoms with van der Waals surface area (Å²) in [4.78, 5) is 17.8. The SMILES string of the molecule is O=C(/C=C/c1ccc(-n2ccnc2)cc1)N1CCCC(O)C1. The zero-order chi connectivity index (χ0) is 15.4. The standard InChI is InChI=1S/C17H19N3O2/c21-16-2-1-10-19(12-16)17(22)8-5-14-3-6-15(7-4-14)20-11-9-18-13-20/h3-9,11,13,16,21H,1-2,10,12H2/b8-5+. The lowest BCUT2D eigenvalue weighted by atomic mass is 10.1. The summed E-state index contributed by atoms with van der Waals surface area (Å²) in [6.45, 7) is 1.16. The van der Waals surface area contributed by atoms with E-state index in [1.165, 1.54) is 0 Å². The molecule has 2 aromatic rings. The number of nitrogens with zero attached hydrogens (tertiary/aromatic N) is 3. The van der Waals surface area contributed by atoms with Crippen LogP contribution in [0.4, 0.5) is 0 Å². The average molecular weight is 297 g/mol. The highest BCUT2D eigenvalue weighted by atomic mass is 16.3. The van der Waals surface area contributed by atoms with E-state index in [0.717, 1.165) is 30.6 Å². The fourth-order valence-corrected chi connectivity index (χ4v) is 2.60. The molecule has 5 nitrogen and oxygen atoms in total. The van der Waals surface area contributed by atoms with Gasteiger partial charge in [-0.1, -0.05) is 12.1 Å². The van der Waals surface area contributed by atoms with Gasteiger partial charge in [0.25, 0.3) is 0 Å². The van der Waals surface area contributed by atoms with Gasteiger partial charge >= 0.3 is 0 Å². The first-order valence-electron chi connectivity index (χ1n) is 7.46. The summed E-state index contributed by atoms with van der Waals surface area (Å²) in [5.74, 6) is -0.0440. The molecule has 0 radical (unpaired) electrons. The van der Waals surface area contributed by atoms with Crippen LogP contribution in [0.25, 0.3) is 11.8 Å². The van der Waals surface area contributed by atoms with E-state index in [1.807, 2.05) is 35.0 Å². The van der Waals surface area contributed by atoms with Gasteiger partial charge < -0.3 is 14.6 Å². The second-order valence-electron chi connectivity index (χ2n) is 5.48. The third-order valence-corrected chi connectivity index (χ3v) is 3.82. The first kappa shape index (κ1) is 14.5. The molecule has 0 saturated carbocycles. The molecule has 0 aliphatic carbocycles. The van der Waals surface area contributed by atoms with Crippen molar-refractivity contribution in [3.05, 3.63) is 54.6 Å². The van der Waals surface area contributed by atoms with Gasteiger partial charge in [0.15, 0.2) is 0 Å². The molecule has 1 fully saturated rings. The molecule has 22 heavy (non-hydrogen) atoms. The Morgan fingerprint density at radius 3 is 2.82 bits per heavy atom. The molecule has 1 aromatic heterocycles. The number of β-amino-alcohol motifs (C(OH)–C–C–N with tert-alkyl or cyclic N) is 1. The fraction of sp³-hybridized carbons (Fsp3) is 0.294. The highest BCUT2D eigenvalue weighted by molar-refractivity contribution is 5.91. The molecular formula is C17H19N3O2. The number of carbonyl (C=O) groups is 1. The molecule has 1 aromatic carbocycles. The van der Waals surface area contributed by atoms with Crippen molar-refractivity contribution in [3.8, 4) is 5.69 Å². The Bertz CT molecular complexity index is 647. The summed E-state index contributed by atoms with van der Waals surface area (Å²) < 4.78 is 1.92. The van der Waals surface area contributed by atoms with Crippen LogP contribution >= 0.6 is 0 Å². The van der Waals surface area contributed by atoms with Crippen LogP contribution in [-0.4, -0.2) is 44.7 Å². The van der Waals surface area contributed by atoms with Crippen molar-refractivity contribution in [2.24, 2.45) is 0 Å². The van der Waals surface area contributed by atoms with E-state index >= 15 is 0 Å². The minimum atomic E-state index is -0.388. The highest BCUT2D eigenvalue weighted by Gasteiger charge is 2.20. The van der Waals surface area contributed by atoms with Gasteiger partial charge in [-0.05, 0) is 36.6 Å². The Kier molecular flexibility index (Phi) is 4.34. The Labute approximate surface area is 129 Å². The van der Waals surface area contributed by atoms with Crippen LogP contribution < -0.4 is 0 Å². The number of benzene rings is 1. The van der Waals surface area contributed by atoms with Crippen LogP contribution in [0.3, 0.4) is 0 Å². The van der Waals surface area contributed by atoms with E-state index in [2.05, 4.69) is 4.98 Å². The third kappa shape index (κ3) is 3.43. The Hall–Kier alpha value is -2.40. The Balaban J connectivity index is 1.64. The van der Waals surface area contributed by atoms with Crippen molar-refractivity contribution in [2.45, 2.75) is 18.9 Å². The van der Waals surface area contributed by atoms with E-state index < -0.39 is 0 Å². The monoisotopic (exact) mass is 297 g/mol. The first-order chi connectivity index (χ1) is 10.7. The maximum absolute atomic E-state index is 12.1. The van der Waals surface area contributed by atoms with Crippen LogP contribution in [0.15, 0.2) is 49.1 Å². The predicted molar refractivity (Wildman–Crippen MR) is 84.4 cm³/mol. The highest BCUT2D eigenvalue weighted by Crippen LogP contribution is 2.13. The van der Waals surface area contributed by atoms with Crippen LogP contribution in [0.5, 0.6) is 0 Å². The average Bonchev–Trinajstić information content (AvgIpc) is 3.07. The maximum atomic E-state index is 12.1. The van der Waals surface area contributed by atoms with Gasteiger partial charge in [0.2, 0.25) is 5.91 Å². The molecular weight excluding hydrogens is 278 g/mol. The topological polar surface area (TPSA) is 58.4 Å². The molecule has 1 aliphatic rings. The largest absolute Gasteiger partial charge is 0.391 e. The smallest absolute Gasteiger partial charge is 0.246 e. The molecule has 5 heteroatoms. The third-order valence-electron chi connectivity index (χ3n) is 3.82. The van der Waals surface area contributed by atoms with Crippen LogP contribution in [0.1, 0.15) is 18.4 Å². The number of hydrogen-bond donors (Lipinski definition) is 1. The molecule has 3 rings (SSSR count). The van der Waals surface area contributed by atoms with E-state index in [0.29, 0.717) is 6.54 Å². The molecule has 1 unspecified atom stereocenters. The summed E-state index contributed by atoms with van der Waals surface area (Å²) in [5, 5.41) is 9.61. The van der Waals surface area contributed by atoms with Crippen molar-refractivity contribution in [3.63, 3.8) is 0 Å². The fourth-order valence-electron chi connectivity index (χ4n) is 2.60. The van der Waals surface area contributed by atoms with E-state index in [4.69, 9.17) is 0 Å². The number of rotatable bonds is 3. The lowest BCUT2D eigenvalue weighted by molar-refractivity contribution is -0.128. The molecule has 1 aliphatic heterocycles. The van der Waals surface area contributed by atoms with E-state index in [9.17, 15) is 9.90 Å². The number of hydrogen-bond acceptors (Lipinski definition) is 3. The number of aromatic nitrogens is 2. The molecule has 114 valence electrons. The zero-order valence-corrected chi connectivity index (χ0v) is 12.3. The molecule has 1 saturated heterocycles. The number of aliphatic hydroxyl groups excluding tert-OH is 1. The summed E-state index contributed by atoms with van der Waals surface area (Å²) in [6, 6.07) is 7.89. The molecule has 1 atom stereocenters. The van der Waals surface area contributed by atoms with Crippen LogP contribution in [-0.2, 0) is 4.79 Å². The van der Waals surface area contributed by atoms with Gasteiger partial charge in [0.1, 0.15) is 0 Å². The predicted octanol–water partition coefficient (Wildman–Crippen LogP) is 1.87. The molecule has 2 heterocycles. The second kappa shape index (κ2) is 6.58. The Morgan fingerprint density at radius 1 is 1.32 bits per heavy atom. The minimum absolute atomic E-state index is 0.0440. The van der Waals surface area contributed by atoms with Crippen LogP contribution in [0, 0.1) is 0 Å². The van der Waals surface area contributed by atoms with E-state index in [-0.39, 0.29) is 12.0 Å². The van der Waals surface area contributed by atoms with Gasteiger partial charge in [-0.25, -0.2) is 4.98 Å². The molecule has 0 spiro atoms. The number of aliphatic hydroxyl groups is 1. The summed E-state index contributed by atoms with van der Waals surface area (Å²) in [7, 11) is 0. The van der Waals surface area contributed by atoms with Crippen molar-refractivity contribution < 1.29 is 9.90 Å². The summed E-state index contributed by atoms with van der Waals surface area (Å²) in [5.41, 5.74) is 2.00. The van der Waals surface area contributed by atoms with Crippen molar-refractivity contribution in [2.75, 3.05) is 13.1 Å². The van der Waals surface area contributed by atoms with Gasteiger partial charge in [-0.2, -0.15) is 0 Å². The van der Waals surface area contributed by atoms with Gasteiger partial charge in [-0.15, -0.1) is 0 Å². The number of carbonyl (C=O) groups excluding carboxylic acids is 1. The van der Waals surface area contributed by atoms with Crippen molar-refractivity contribution >= 4 is 12.0 Å². The van der Waals surface area contributed by atoms with Gasteiger partial charge in [0.05, 0.1) is 12.4 Å². The molecule has 1 N–H and O–H groups in total. The van der Waals surface area contributed by atoms with Crippen molar-refractivity contribution in [1.82, 2.24) is 14.5 Å². The first-order valence-corrected chi connectivity index (χ1v) is 7.46. The maximum Gasteiger partial charge on any atom is 0.246 e. The normalized spacial score (nSPS) is 18.8. The molecule has 0 bridgehead atoms. The number of likely N-dealkylation sites (tertiary alicyclic amines) is 1. The minimum Gasteiger partial charge on any atom is -0.391 e. The molecule has 1 amide bonds. The summed E-state index contributed by atoms with van der Waals surface area (Å²) in [6.07, 6.45) is 10.0. The number of piperidine rings is 1. The number of imidazole rings is 1. The quantitative estimate of drug-likeness (QED) is 0.880. The van der Waals surface area contributed by atoms with Gasteiger partial charge in [0, 0.05) is 37.2 Å². The van der Waals surface area contributed by atoms with Gasteiger partial charge in [-0.3, -0.25) is 4.79 Å². The lowest BCUT2D eigenvalue weighted by Gasteiger charge is -2.29. The zero-order valence-electron chi connectivity index (χ0n) is 12.3. The summed E-state index contributed by atoms with van der Waals surface area (Å²) >= 11 is 0. The second-order valence-corrected chi connectivity index (χ2v) is 5.48. The lowest BCUT2D eigenvalue weighted by Crippen LogP contribution is -2.41. The van der Waals surface area contributed by atoms with E-state index in [1.54, 1.807) is 29.6 Å². The van der Waals surface area contributed by atoms with Crippen molar-refractivity contribution in [1.29, 1.82) is 0 Å². The van der Waals surface area contributed by atoms with Crippen LogP contribution in [0.2, 0.25) is 0 Å². The number of amides is 1.